The fraction of sp³-hybridized carbons (Fsp3) is 0.364. The SMILES string of the molecule is Cc1ccc(CC(=O)CCl)c(C)c1. The molecule has 0 amide bonds. The van der Waals surface area contributed by atoms with Crippen molar-refractivity contribution in [2.24, 2.45) is 0 Å². The molecule has 0 fully saturated rings. The Hall–Kier alpha value is -0.820. The van der Waals surface area contributed by atoms with Crippen LogP contribution in [0.4, 0.5) is 0 Å². The second-order valence-corrected chi connectivity index (χ2v) is 3.55. The summed E-state index contributed by atoms with van der Waals surface area (Å²) in [4.78, 5) is 11.1. The van der Waals surface area contributed by atoms with Crippen LogP contribution in [-0.4, -0.2) is 11.7 Å². The fourth-order valence-corrected chi connectivity index (χ4v) is 1.40. The average molecular weight is 197 g/mol. The minimum atomic E-state index is 0.0774. The summed E-state index contributed by atoms with van der Waals surface area (Å²) in [5, 5.41) is 0. The molecular formula is C11H13ClO. The highest BCUT2D eigenvalue weighted by Gasteiger charge is 2.04. The quantitative estimate of drug-likeness (QED) is 0.680. The fourth-order valence-electron chi connectivity index (χ4n) is 1.30. The number of carbonyl (C=O) groups excluding carboxylic acids is 1. The first-order chi connectivity index (χ1) is 6.13. The monoisotopic (exact) mass is 196 g/mol. The van der Waals surface area contributed by atoms with Crippen molar-refractivity contribution in [3.63, 3.8) is 0 Å². The maximum Gasteiger partial charge on any atom is 0.151 e. The van der Waals surface area contributed by atoms with E-state index in [0.717, 1.165) is 5.56 Å². The van der Waals surface area contributed by atoms with Gasteiger partial charge >= 0.3 is 0 Å². The van der Waals surface area contributed by atoms with E-state index in [-0.39, 0.29) is 11.7 Å². The molecule has 0 atom stereocenters. The Balaban J connectivity index is 2.83. The van der Waals surface area contributed by atoms with Crippen LogP contribution in [0.25, 0.3) is 0 Å². The van der Waals surface area contributed by atoms with E-state index in [2.05, 4.69) is 6.07 Å². The second kappa shape index (κ2) is 4.43. The number of hydrogen-bond acceptors (Lipinski definition) is 1. The van der Waals surface area contributed by atoms with Gasteiger partial charge in [-0.2, -0.15) is 0 Å². The first-order valence-electron chi connectivity index (χ1n) is 4.27. The molecular weight excluding hydrogens is 184 g/mol. The molecule has 70 valence electrons. The van der Waals surface area contributed by atoms with Crippen LogP contribution < -0.4 is 0 Å². The lowest BCUT2D eigenvalue weighted by atomic mass is 10.0. The van der Waals surface area contributed by atoms with E-state index in [0.29, 0.717) is 6.42 Å². The second-order valence-electron chi connectivity index (χ2n) is 3.28. The topological polar surface area (TPSA) is 17.1 Å². The van der Waals surface area contributed by atoms with Crippen LogP contribution in [0, 0.1) is 13.8 Å². The number of halogens is 1. The molecule has 0 unspecified atom stereocenters. The van der Waals surface area contributed by atoms with Crippen molar-refractivity contribution in [2.45, 2.75) is 20.3 Å². The molecule has 0 spiro atoms. The molecule has 0 heterocycles. The van der Waals surface area contributed by atoms with Gasteiger partial charge in [0, 0.05) is 6.42 Å². The zero-order valence-corrected chi connectivity index (χ0v) is 8.69. The van der Waals surface area contributed by atoms with Crippen molar-refractivity contribution in [3.05, 3.63) is 34.9 Å². The van der Waals surface area contributed by atoms with E-state index >= 15 is 0 Å². The molecule has 2 heteroatoms. The third kappa shape index (κ3) is 2.85. The van der Waals surface area contributed by atoms with E-state index < -0.39 is 0 Å². The molecule has 0 bridgehead atoms. The lowest BCUT2D eigenvalue weighted by Gasteiger charge is -2.04. The largest absolute Gasteiger partial charge is 0.298 e. The maximum atomic E-state index is 11.1. The normalized spacial score (nSPS) is 10.1. The van der Waals surface area contributed by atoms with Crippen molar-refractivity contribution >= 4 is 17.4 Å². The zero-order valence-electron chi connectivity index (χ0n) is 7.93. The number of carbonyl (C=O) groups is 1. The number of rotatable bonds is 3. The molecule has 1 nitrogen and oxygen atoms in total. The average Bonchev–Trinajstić information content (AvgIpc) is 2.09. The maximum absolute atomic E-state index is 11.1. The molecule has 1 rings (SSSR count). The molecule has 1 aromatic carbocycles. The summed E-state index contributed by atoms with van der Waals surface area (Å²) in [5.41, 5.74) is 3.47. The summed E-state index contributed by atoms with van der Waals surface area (Å²) < 4.78 is 0. The van der Waals surface area contributed by atoms with Crippen LogP contribution in [0.2, 0.25) is 0 Å². The summed E-state index contributed by atoms with van der Waals surface area (Å²) in [6, 6.07) is 6.09. The lowest BCUT2D eigenvalue weighted by Crippen LogP contribution is -2.05. The number of alkyl halides is 1. The van der Waals surface area contributed by atoms with Crippen LogP contribution in [0.1, 0.15) is 16.7 Å². The van der Waals surface area contributed by atoms with Gasteiger partial charge in [-0.3, -0.25) is 4.79 Å². The van der Waals surface area contributed by atoms with Crippen molar-refractivity contribution in [2.75, 3.05) is 5.88 Å². The smallest absolute Gasteiger partial charge is 0.151 e. The molecule has 0 aromatic heterocycles. The number of Topliss-reactive ketones (excluding diaryl/α,β-unsaturated/α-hetero) is 1. The number of ketones is 1. The molecule has 0 saturated heterocycles. The van der Waals surface area contributed by atoms with E-state index in [1.807, 2.05) is 26.0 Å². The van der Waals surface area contributed by atoms with Gasteiger partial charge in [0.05, 0.1) is 5.88 Å². The predicted octanol–water partition coefficient (Wildman–Crippen LogP) is 2.65. The summed E-state index contributed by atoms with van der Waals surface area (Å²) >= 11 is 5.44. The van der Waals surface area contributed by atoms with Gasteiger partial charge in [0.15, 0.2) is 5.78 Å². The van der Waals surface area contributed by atoms with Crippen LogP contribution >= 0.6 is 11.6 Å². The lowest BCUT2D eigenvalue weighted by molar-refractivity contribution is -0.116. The van der Waals surface area contributed by atoms with Crippen LogP contribution in [0.3, 0.4) is 0 Å². The number of benzene rings is 1. The minimum Gasteiger partial charge on any atom is -0.298 e. The third-order valence-electron chi connectivity index (χ3n) is 2.03. The molecule has 0 aliphatic heterocycles. The minimum absolute atomic E-state index is 0.0774. The van der Waals surface area contributed by atoms with E-state index in [4.69, 9.17) is 11.6 Å². The first kappa shape index (κ1) is 10.3. The number of aryl methyl sites for hydroxylation is 2. The Kier molecular flexibility index (Phi) is 3.49. The van der Waals surface area contributed by atoms with Gasteiger partial charge < -0.3 is 0 Å². The van der Waals surface area contributed by atoms with Gasteiger partial charge in [-0.1, -0.05) is 23.8 Å². The van der Waals surface area contributed by atoms with E-state index in [9.17, 15) is 4.79 Å². The van der Waals surface area contributed by atoms with E-state index in [1.54, 1.807) is 0 Å². The molecule has 0 saturated carbocycles. The molecule has 0 aliphatic carbocycles. The van der Waals surface area contributed by atoms with Crippen LogP contribution in [0.5, 0.6) is 0 Å². The Bertz CT molecular complexity index is 318. The third-order valence-corrected chi connectivity index (χ3v) is 2.33. The molecule has 0 aliphatic rings. The van der Waals surface area contributed by atoms with Crippen molar-refractivity contribution in [1.82, 2.24) is 0 Å². The highest BCUT2D eigenvalue weighted by atomic mass is 35.5. The Labute approximate surface area is 83.7 Å². The van der Waals surface area contributed by atoms with Crippen LogP contribution in [-0.2, 0) is 11.2 Å². The van der Waals surface area contributed by atoms with Crippen molar-refractivity contribution < 1.29 is 4.79 Å². The predicted molar refractivity (Wildman–Crippen MR) is 55.3 cm³/mol. The van der Waals surface area contributed by atoms with Gasteiger partial charge in [-0.05, 0) is 25.0 Å². The van der Waals surface area contributed by atoms with Gasteiger partial charge in [-0.25, -0.2) is 0 Å². The molecule has 13 heavy (non-hydrogen) atoms. The number of hydrogen-bond donors (Lipinski definition) is 0. The van der Waals surface area contributed by atoms with Gasteiger partial charge in [0.25, 0.3) is 0 Å². The Morgan fingerprint density at radius 1 is 1.38 bits per heavy atom. The molecule has 0 radical (unpaired) electrons. The molecule has 1 aromatic rings. The Morgan fingerprint density at radius 2 is 2.08 bits per heavy atom. The summed E-state index contributed by atoms with van der Waals surface area (Å²) in [6.45, 7) is 4.06. The summed E-state index contributed by atoms with van der Waals surface area (Å²) in [6.07, 6.45) is 0.454. The Morgan fingerprint density at radius 3 is 2.62 bits per heavy atom. The summed E-state index contributed by atoms with van der Waals surface area (Å²) in [5.74, 6) is 0.182. The summed E-state index contributed by atoms with van der Waals surface area (Å²) in [7, 11) is 0. The zero-order chi connectivity index (χ0) is 9.84. The van der Waals surface area contributed by atoms with Crippen molar-refractivity contribution in [3.8, 4) is 0 Å². The standard InChI is InChI=1S/C11H13ClO/c1-8-3-4-10(9(2)5-8)6-11(13)7-12/h3-5H,6-7H2,1-2H3. The molecule has 0 N–H and O–H groups in total. The van der Waals surface area contributed by atoms with Gasteiger partial charge in [0.2, 0.25) is 0 Å². The van der Waals surface area contributed by atoms with Crippen LogP contribution in [0.15, 0.2) is 18.2 Å². The first-order valence-corrected chi connectivity index (χ1v) is 4.80. The highest BCUT2D eigenvalue weighted by Crippen LogP contribution is 2.11. The highest BCUT2D eigenvalue weighted by molar-refractivity contribution is 6.27. The van der Waals surface area contributed by atoms with Gasteiger partial charge in [0.1, 0.15) is 0 Å². The van der Waals surface area contributed by atoms with E-state index in [1.165, 1.54) is 11.1 Å². The van der Waals surface area contributed by atoms with Gasteiger partial charge in [-0.15, -0.1) is 11.6 Å². The van der Waals surface area contributed by atoms with Crippen molar-refractivity contribution in [1.29, 1.82) is 0 Å².